The van der Waals surface area contributed by atoms with Gasteiger partial charge in [-0.1, -0.05) is 48.0 Å². The number of halogens is 1. The predicted molar refractivity (Wildman–Crippen MR) is 89.6 cm³/mol. The van der Waals surface area contributed by atoms with Crippen molar-refractivity contribution in [3.05, 3.63) is 64.7 Å². The number of aliphatic imine (C=N–C) groups is 1. The third-order valence-electron chi connectivity index (χ3n) is 3.71. The Balaban J connectivity index is 2.05. The minimum atomic E-state index is 0.297. The summed E-state index contributed by atoms with van der Waals surface area (Å²) in [6.07, 6.45) is 4.19. The number of para-hydroxylation sites is 1. The first kappa shape index (κ1) is 13.7. The highest BCUT2D eigenvalue weighted by molar-refractivity contribution is 8.13. The van der Waals surface area contributed by atoms with Crippen LogP contribution in [0.15, 0.2) is 53.5 Å². The van der Waals surface area contributed by atoms with Crippen molar-refractivity contribution in [2.45, 2.75) is 18.8 Å². The van der Waals surface area contributed by atoms with Gasteiger partial charge in [0, 0.05) is 10.9 Å². The van der Waals surface area contributed by atoms with Crippen LogP contribution in [-0.4, -0.2) is 11.3 Å². The molecular weight excluding hydrogens is 286 g/mol. The summed E-state index contributed by atoms with van der Waals surface area (Å²) in [4.78, 5) is 4.88. The molecule has 20 heavy (non-hydrogen) atoms. The number of rotatable bonds is 1. The SMILES string of the molecule is CSC1=Nc2ccccc2CCC1c1ccccc1Cl. The van der Waals surface area contributed by atoms with E-state index in [2.05, 4.69) is 42.7 Å². The topological polar surface area (TPSA) is 12.4 Å². The normalized spacial score (nSPS) is 18.1. The number of thioether (sulfide) groups is 1. The van der Waals surface area contributed by atoms with Gasteiger partial charge in [0.25, 0.3) is 0 Å². The second-order valence-corrected chi connectivity index (χ2v) is 6.13. The van der Waals surface area contributed by atoms with Gasteiger partial charge in [0.2, 0.25) is 0 Å². The van der Waals surface area contributed by atoms with Gasteiger partial charge in [-0.3, -0.25) is 0 Å². The van der Waals surface area contributed by atoms with Crippen LogP contribution in [0.25, 0.3) is 0 Å². The largest absolute Gasteiger partial charge is 0.246 e. The van der Waals surface area contributed by atoms with Crippen molar-refractivity contribution < 1.29 is 0 Å². The lowest BCUT2D eigenvalue weighted by atomic mass is 9.94. The van der Waals surface area contributed by atoms with E-state index in [4.69, 9.17) is 16.6 Å². The molecule has 0 spiro atoms. The Bertz CT molecular complexity index is 651. The summed E-state index contributed by atoms with van der Waals surface area (Å²) < 4.78 is 0. The maximum atomic E-state index is 6.38. The van der Waals surface area contributed by atoms with Crippen LogP contribution in [0.3, 0.4) is 0 Å². The van der Waals surface area contributed by atoms with Gasteiger partial charge < -0.3 is 0 Å². The summed E-state index contributed by atoms with van der Waals surface area (Å²) in [5.41, 5.74) is 3.62. The summed E-state index contributed by atoms with van der Waals surface area (Å²) in [6.45, 7) is 0. The molecule has 3 rings (SSSR count). The van der Waals surface area contributed by atoms with Crippen molar-refractivity contribution in [3.8, 4) is 0 Å². The predicted octanol–water partition coefficient (Wildman–Crippen LogP) is 5.46. The number of nitrogens with zero attached hydrogens (tertiary/aromatic N) is 1. The van der Waals surface area contributed by atoms with Crippen molar-refractivity contribution in [2.75, 3.05) is 6.26 Å². The molecule has 2 aromatic carbocycles. The first-order valence-electron chi connectivity index (χ1n) is 6.74. The van der Waals surface area contributed by atoms with E-state index in [0.717, 1.165) is 28.6 Å². The van der Waals surface area contributed by atoms with Crippen molar-refractivity contribution in [3.63, 3.8) is 0 Å². The van der Waals surface area contributed by atoms with Gasteiger partial charge in [-0.25, -0.2) is 4.99 Å². The molecule has 0 saturated heterocycles. The van der Waals surface area contributed by atoms with E-state index in [1.807, 2.05) is 12.1 Å². The number of fused-ring (bicyclic) bond motifs is 1. The van der Waals surface area contributed by atoms with E-state index in [1.165, 1.54) is 11.1 Å². The first-order chi connectivity index (χ1) is 9.79. The van der Waals surface area contributed by atoms with Gasteiger partial charge in [0.15, 0.2) is 0 Å². The molecule has 0 radical (unpaired) electrons. The fraction of sp³-hybridized carbons (Fsp3) is 0.235. The number of hydrogen-bond acceptors (Lipinski definition) is 2. The van der Waals surface area contributed by atoms with Crippen molar-refractivity contribution >= 4 is 34.1 Å². The van der Waals surface area contributed by atoms with Crippen molar-refractivity contribution in [1.29, 1.82) is 0 Å². The third kappa shape index (κ3) is 2.63. The van der Waals surface area contributed by atoms with Crippen LogP contribution < -0.4 is 0 Å². The number of aryl methyl sites for hydroxylation is 1. The van der Waals surface area contributed by atoms with Gasteiger partial charge in [-0.05, 0) is 42.4 Å². The summed E-state index contributed by atoms with van der Waals surface area (Å²) in [5, 5.41) is 1.99. The van der Waals surface area contributed by atoms with Crippen LogP contribution in [-0.2, 0) is 6.42 Å². The highest BCUT2D eigenvalue weighted by atomic mass is 35.5. The van der Waals surface area contributed by atoms with Crippen LogP contribution in [0, 0.1) is 0 Å². The molecule has 3 heteroatoms. The van der Waals surface area contributed by atoms with Crippen LogP contribution in [0.1, 0.15) is 23.5 Å². The maximum absolute atomic E-state index is 6.38. The van der Waals surface area contributed by atoms with Crippen molar-refractivity contribution in [2.24, 2.45) is 4.99 Å². The minimum Gasteiger partial charge on any atom is -0.246 e. The zero-order chi connectivity index (χ0) is 13.9. The molecule has 0 aliphatic carbocycles. The lowest BCUT2D eigenvalue weighted by Gasteiger charge is -2.17. The standard InChI is InChI=1S/C17H16ClNS/c1-20-17-14(13-7-3-4-8-15(13)18)11-10-12-6-2-5-9-16(12)19-17/h2-9,14H,10-11H2,1H3. The molecule has 0 amide bonds. The average Bonchev–Trinajstić information content (AvgIpc) is 2.67. The Kier molecular flexibility index (Phi) is 4.13. The minimum absolute atomic E-state index is 0.297. The van der Waals surface area contributed by atoms with E-state index in [0.29, 0.717) is 5.92 Å². The highest BCUT2D eigenvalue weighted by Gasteiger charge is 2.23. The molecule has 0 saturated carbocycles. The van der Waals surface area contributed by atoms with E-state index < -0.39 is 0 Å². The number of benzene rings is 2. The molecule has 1 heterocycles. The molecule has 102 valence electrons. The quantitative estimate of drug-likeness (QED) is 0.681. The van der Waals surface area contributed by atoms with Crippen LogP contribution in [0.5, 0.6) is 0 Å². The van der Waals surface area contributed by atoms with Gasteiger partial charge in [-0.2, -0.15) is 0 Å². The lowest BCUT2D eigenvalue weighted by Crippen LogP contribution is -2.09. The molecule has 1 aliphatic heterocycles. The zero-order valence-electron chi connectivity index (χ0n) is 11.3. The molecule has 1 unspecified atom stereocenters. The summed E-state index contributed by atoms with van der Waals surface area (Å²) in [7, 11) is 0. The van der Waals surface area contributed by atoms with Gasteiger partial charge in [-0.15, -0.1) is 11.8 Å². The Labute approximate surface area is 129 Å². The summed E-state index contributed by atoms with van der Waals surface area (Å²) in [6, 6.07) is 16.5. The van der Waals surface area contributed by atoms with Crippen LogP contribution in [0.2, 0.25) is 5.02 Å². The second-order valence-electron chi connectivity index (χ2n) is 4.90. The fourth-order valence-corrected chi connectivity index (χ4v) is 3.67. The fourth-order valence-electron chi connectivity index (χ4n) is 2.69. The Morgan fingerprint density at radius 2 is 1.85 bits per heavy atom. The molecular formula is C17H16ClNS. The molecule has 0 N–H and O–H groups in total. The molecule has 0 aromatic heterocycles. The molecule has 1 aliphatic rings. The van der Waals surface area contributed by atoms with Crippen molar-refractivity contribution in [1.82, 2.24) is 0 Å². The lowest BCUT2D eigenvalue weighted by molar-refractivity contribution is 0.782. The Morgan fingerprint density at radius 3 is 2.65 bits per heavy atom. The van der Waals surface area contributed by atoms with Gasteiger partial charge >= 0.3 is 0 Å². The van der Waals surface area contributed by atoms with E-state index in [-0.39, 0.29) is 0 Å². The van der Waals surface area contributed by atoms with E-state index >= 15 is 0 Å². The van der Waals surface area contributed by atoms with Gasteiger partial charge in [0.1, 0.15) is 0 Å². The molecule has 2 aromatic rings. The molecule has 0 bridgehead atoms. The Morgan fingerprint density at radius 1 is 1.10 bits per heavy atom. The summed E-state index contributed by atoms with van der Waals surface area (Å²) in [5.74, 6) is 0.297. The molecule has 0 fully saturated rings. The smallest absolute Gasteiger partial charge is 0.0811 e. The second kappa shape index (κ2) is 6.02. The molecule has 1 atom stereocenters. The monoisotopic (exact) mass is 301 g/mol. The van der Waals surface area contributed by atoms with Crippen LogP contribution in [0.4, 0.5) is 5.69 Å². The third-order valence-corrected chi connectivity index (χ3v) is 4.85. The zero-order valence-corrected chi connectivity index (χ0v) is 12.9. The van der Waals surface area contributed by atoms with Crippen LogP contribution >= 0.6 is 23.4 Å². The Hall–Kier alpha value is -1.25. The van der Waals surface area contributed by atoms with E-state index in [9.17, 15) is 0 Å². The first-order valence-corrected chi connectivity index (χ1v) is 8.35. The maximum Gasteiger partial charge on any atom is 0.0811 e. The summed E-state index contributed by atoms with van der Waals surface area (Å²) >= 11 is 8.11. The number of hydrogen-bond donors (Lipinski definition) is 0. The highest BCUT2D eigenvalue weighted by Crippen LogP contribution is 2.37. The van der Waals surface area contributed by atoms with E-state index in [1.54, 1.807) is 11.8 Å². The average molecular weight is 302 g/mol. The molecule has 1 nitrogen and oxygen atoms in total. The van der Waals surface area contributed by atoms with Gasteiger partial charge in [0.05, 0.1) is 10.7 Å².